The number of rotatable bonds is 6. The molecular weight excluding hydrogens is 425 g/mol. The van der Waals surface area contributed by atoms with Gasteiger partial charge in [-0.2, -0.15) is 0 Å². The van der Waals surface area contributed by atoms with Crippen molar-refractivity contribution in [2.45, 2.75) is 30.8 Å². The van der Waals surface area contributed by atoms with E-state index in [0.29, 0.717) is 22.5 Å². The lowest BCUT2D eigenvalue weighted by molar-refractivity contribution is -0.115. The van der Waals surface area contributed by atoms with Gasteiger partial charge in [0.05, 0.1) is 10.9 Å². The van der Waals surface area contributed by atoms with Gasteiger partial charge in [0, 0.05) is 17.1 Å². The molecule has 0 unspecified atom stereocenters. The number of hydrogen-bond acceptors (Lipinski definition) is 4. The van der Waals surface area contributed by atoms with Gasteiger partial charge < -0.3 is 9.88 Å². The van der Waals surface area contributed by atoms with E-state index in [1.54, 1.807) is 19.1 Å². The highest BCUT2D eigenvalue weighted by Crippen LogP contribution is 2.28. The van der Waals surface area contributed by atoms with Gasteiger partial charge in [-0.1, -0.05) is 23.4 Å². The van der Waals surface area contributed by atoms with Gasteiger partial charge in [-0.3, -0.25) is 4.79 Å². The van der Waals surface area contributed by atoms with E-state index in [0.717, 1.165) is 29.5 Å². The Morgan fingerprint density at radius 1 is 1.14 bits per heavy atom. The fourth-order valence-electron chi connectivity index (χ4n) is 2.54. The minimum absolute atomic E-state index is 0.430. The number of halogens is 4. The number of benzene rings is 2. The average molecular weight is 441 g/mol. The summed E-state index contributed by atoms with van der Waals surface area (Å²) in [6.07, 6.45) is 0. The van der Waals surface area contributed by atoms with Crippen LogP contribution in [0.25, 0.3) is 11.4 Å². The van der Waals surface area contributed by atoms with E-state index in [-0.39, 0.29) is 0 Å². The van der Waals surface area contributed by atoms with E-state index < -0.39 is 34.3 Å². The minimum atomic E-state index is -1.64. The second-order valence-corrected chi connectivity index (χ2v) is 7.77. The summed E-state index contributed by atoms with van der Waals surface area (Å²) < 4.78 is 42.0. The summed E-state index contributed by atoms with van der Waals surface area (Å²) in [6.45, 7) is 4.06. The van der Waals surface area contributed by atoms with E-state index in [2.05, 4.69) is 15.5 Å². The predicted octanol–water partition coefficient (Wildman–Crippen LogP) is 5.16. The summed E-state index contributed by atoms with van der Waals surface area (Å²) in [6, 6.07) is 8.83. The number of aromatic nitrogens is 3. The van der Waals surface area contributed by atoms with Gasteiger partial charge in [0.15, 0.2) is 28.4 Å². The van der Waals surface area contributed by atoms with Gasteiger partial charge in [-0.15, -0.1) is 10.2 Å². The van der Waals surface area contributed by atoms with Gasteiger partial charge in [0.2, 0.25) is 5.91 Å². The maximum Gasteiger partial charge on any atom is 0.237 e. The molecule has 0 saturated carbocycles. The Hall–Kier alpha value is -2.52. The molecule has 3 rings (SSSR count). The Balaban J connectivity index is 1.77. The van der Waals surface area contributed by atoms with Crippen molar-refractivity contribution in [2.75, 3.05) is 5.32 Å². The minimum Gasteiger partial charge on any atom is -0.323 e. The van der Waals surface area contributed by atoms with Crippen LogP contribution in [0.5, 0.6) is 0 Å². The fourth-order valence-corrected chi connectivity index (χ4v) is 3.58. The van der Waals surface area contributed by atoms with Crippen molar-refractivity contribution in [1.82, 2.24) is 14.8 Å². The quantitative estimate of drug-likeness (QED) is 0.425. The smallest absolute Gasteiger partial charge is 0.237 e. The molecule has 1 heterocycles. The van der Waals surface area contributed by atoms with Gasteiger partial charge in [-0.25, -0.2) is 13.2 Å². The van der Waals surface area contributed by atoms with Crippen molar-refractivity contribution >= 4 is 35.0 Å². The lowest BCUT2D eigenvalue weighted by Crippen LogP contribution is -2.23. The monoisotopic (exact) mass is 440 g/mol. The number of hydrogen-bond donors (Lipinski definition) is 1. The van der Waals surface area contributed by atoms with Crippen LogP contribution in [0, 0.1) is 17.5 Å². The van der Waals surface area contributed by atoms with Crippen LogP contribution in [0.3, 0.4) is 0 Å². The molecule has 1 amide bonds. The summed E-state index contributed by atoms with van der Waals surface area (Å²) >= 11 is 7.03. The average Bonchev–Trinajstić information content (AvgIpc) is 3.11. The van der Waals surface area contributed by atoms with Crippen LogP contribution in [0.4, 0.5) is 18.9 Å². The molecular formula is C19H16ClF3N4OS. The van der Waals surface area contributed by atoms with E-state index in [4.69, 9.17) is 11.6 Å². The van der Waals surface area contributed by atoms with Crippen LogP contribution >= 0.6 is 23.4 Å². The molecule has 0 aliphatic heterocycles. The SMILES string of the molecule is CCn1c(S[C@@H](C)C(=O)Nc2ccc(F)c(F)c2F)nnc1-c1ccc(Cl)cc1. The Morgan fingerprint density at radius 3 is 2.48 bits per heavy atom. The standard InChI is InChI=1S/C19H16ClF3N4OS/c1-3-27-17(11-4-6-12(20)7-5-11)25-26-19(27)29-10(2)18(28)24-14-9-8-13(21)15(22)16(14)23/h4-10H,3H2,1-2H3,(H,24,28)/t10-/m0/s1. The first-order chi connectivity index (χ1) is 13.8. The Bertz CT molecular complexity index is 1040. The van der Waals surface area contributed by atoms with Crippen LogP contribution < -0.4 is 5.32 Å². The molecule has 1 aromatic heterocycles. The van der Waals surface area contributed by atoms with Crippen molar-refractivity contribution in [2.24, 2.45) is 0 Å². The van der Waals surface area contributed by atoms with Crippen LogP contribution in [0.1, 0.15) is 13.8 Å². The van der Waals surface area contributed by atoms with Gasteiger partial charge >= 0.3 is 0 Å². The number of amides is 1. The zero-order chi connectivity index (χ0) is 21.1. The third-order valence-electron chi connectivity index (χ3n) is 4.08. The molecule has 0 fully saturated rings. The first-order valence-electron chi connectivity index (χ1n) is 8.62. The molecule has 0 aliphatic carbocycles. The predicted molar refractivity (Wildman–Crippen MR) is 106 cm³/mol. The van der Waals surface area contributed by atoms with Crippen LogP contribution in [-0.4, -0.2) is 25.9 Å². The van der Waals surface area contributed by atoms with Crippen molar-refractivity contribution in [3.05, 3.63) is 58.9 Å². The van der Waals surface area contributed by atoms with Gasteiger partial charge in [0.25, 0.3) is 0 Å². The van der Waals surface area contributed by atoms with Gasteiger partial charge in [-0.05, 0) is 50.2 Å². The summed E-state index contributed by atoms with van der Waals surface area (Å²) in [4.78, 5) is 12.4. The summed E-state index contributed by atoms with van der Waals surface area (Å²) in [7, 11) is 0. The highest BCUT2D eigenvalue weighted by atomic mass is 35.5. The fraction of sp³-hybridized carbons (Fsp3) is 0.211. The second kappa shape index (κ2) is 8.87. The van der Waals surface area contributed by atoms with Crippen LogP contribution in [0.15, 0.2) is 41.6 Å². The zero-order valence-electron chi connectivity index (χ0n) is 15.4. The van der Waals surface area contributed by atoms with E-state index in [1.807, 2.05) is 23.6 Å². The maximum atomic E-state index is 13.8. The van der Waals surface area contributed by atoms with Crippen molar-refractivity contribution in [3.8, 4) is 11.4 Å². The molecule has 1 atom stereocenters. The molecule has 29 heavy (non-hydrogen) atoms. The zero-order valence-corrected chi connectivity index (χ0v) is 17.0. The van der Waals surface area contributed by atoms with Crippen molar-refractivity contribution < 1.29 is 18.0 Å². The molecule has 0 aliphatic rings. The highest BCUT2D eigenvalue weighted by Gasteiger charge is 2.22. The Labute approximate surface area is 174 Å². The topological polar surface area (TPSA) is 59.8 Å². The van der Waals surface area contributed by atoms with Crippen LogP contribution in [-0.2, 0) is 11.3 Å². The van der Waals surface area contributed by atoms with Crippen molar-refractivity contribution in [1.29, 1.82) is 0 Å². The highest BCUT2D eigenvalue weighted by molar-refractivity contribution is 8.00. The summed E-state index contributed by atoms with van der Waals surface area (Å²) in [5.41, 5.74) is 0.386. The normalized spacial score (nSPS) is 12.1. The number of nitrogens with zero attached hydrogens (tertiary/aromatic N) is 3. The molecule has 0 saturated heterocycles. The second-order valence-electron chi connectivity index (χ2n) is 6.03. The third-order valence-corrected chi connectivity index (χ3v) is 5.41. The maximum absolute atomic E-state index is 13.8. The molecule has 0 spiro atoms. The van der Waals surface area contributed by atoms with E-state index >= 15 is 0 Å². The number of thioether (sulfide) groups is 1. The largest absolute Gasteiger partial charge is 0.323 e. The Morgan fingerprint density at radius 2 is 1.83 bits per heavy atom. The first-order valence-corrected chi connectivity index (χ1v) is 9.87. The summed E-state index contributed by atoms with van der Waals surface area (Å²) in [5, 5.41) is 11.0. The number of carbonyl (C=O) groups excluding carboxylic acids is 1. The number of anilines is 1. The van der Waals surface area contributed by atoms with Gasteiger partial charge in [0.1, 0.15) is 0 Å². The van der Waals surface area contributed by atoms with Crippen LogP contribution in [0.2, 0.25) is 5.02 Å². The van der Waals surface area contributed by atoms with Crippen molar-refractivity contribution in [3.63, 3.8) is 0 Å². The number of carbonyl (C=O) groups is 1. The Kier molecular flexibility index (Phi) is 6.49. The molecule has 1 N–H and O–H groups in total. The lowest BCUT2D eigenvalue weighted by Gasteiger charge is -2.13. The number of nitrogens with one attached hydrogen (secondary N) is 1. The molecule has 3 aromatic rings. The molecule has 5 nitrogen and oxygen atoms in total. The molecule has 0 bridgehead atoms. The molecule has 2 aromatic carbocycles. The van der Waals surface area contributed by atoms with E-state index in [1.165, 1.54) is 0 Å². The lowest BCUT2D eigenvalue weighted by atomic mass is 10.2. The molecule has 0 radical (unpaired) electrons. The molecule has 152 valence electrons. The third kappa shape index (κ3) is 4.56. The summed E-state index contributed by atoms with van der Waals surface area (Å²) in [5.74, 6) is -4.38. The first kappa shape index (κ1) is 21.2. The van der Waals surface area contributed by atoms with E-state index in [9.17, 15) is 18.0 Å². The molecule has 10 heteroatoms.